The van der Waals surface area contributed by atoms with E-state index in [2.05, 4.69) is 0 Å². The van der Waals surface area contributed by atoms with Crippen molar-refractivity contribution < 1.29 is 17.4 Å². The molecule has 1 aliphatic heterocycles. The van der Waals surface area contributed by atoms with Gasteiger partial charge in [-0.25, -0.2) is 0 Å². The van der Waals surface area contributed by atoms with Crippen molar-refractivity contribution in [1.82, 2.24) is 5.06 Å². The first-order valence-corrected chi connectivity index (χ1v) is 5.47. The molecule has 7 heteroatoms. The van der Waals surface area contributed by atoms with Gasteiger partial charge in [-0.05, 0) is 6.92 Å². The Balaban J connectivity index is 0.00000144. The summed E-state index contributed by atoms with van der Waals surface area (Å²) in [4.78, 5) is 0. The normalized spacial score (nSPS) is 19.5. The molecule has 0 radical (unpaired) electrons. The zero-order valence-corrected chi connectivity index (χ0v) is 7.84. The maximum atomic E-state index is 11.0. The molecule has 1 rings (SSSR count). The van der Waals surface area contributed by atoms with Crippen LogP contribution in [0.15, 0.2) is 0 Å². The fourth-order valence-electron chi connectivity index (χ4n) is 0.834. The van der Waals surface area contributed by atoms with Crippen molar-refractivity contribution in [3.8, 4) is 0 Å². The summed E-state index contributed by atoms with van der Waals surface area (Å²) in [5, 5.41) is 1.42. The molecule has 0 N–H and O–H groups in total. The monoisotopic (exact) mass is 237 g/mol. The van der Waals surface area contributed by atoms with Gasteiger partial charge in [0.15, 0.2) is 0 Å². The van der Waals surface area contributed by atoms with Crippen LogP contribution in [0.2, 0.25) is 0 Å². The minimum absolute atomic E-state index is 0. The molecule has 0 aromatic carbocycles. The van der Waals surface area contributed by atoms with Crippen molar-refractivity contribution in [3.05, 3.63) is 0 Å². The molecule has 1 fully saturated rings. The van der Waals surface area contributed by atoms with E-state index in [0.29, 0.717) is 26.3 Å². The summed E-state index contributed by atoms with van der Waals surface area (Å²) in [5.74, 6) is 0.00432. The van der Waals surface area contributed by atoms with E-state index >= 15 is 0 Å². The molecule has 1 saturated heterocycles. The van der Waals surface area contributed by atoms with Gasteiger partial charge in [0.1, 0.15) is 0 Å². The first-order valence-electron chi connectivity index (χ1n) is 3.89. The number of hydroxylamine groups is 2. The molecule has 0 spiro atoms. The third kappa shape index (κ3) is 5.51. The van der Waals surface area contributed by atoms with Gasteiger partial charge in [-0.15, -0.1) is 0 Å². The molecule has 0 aliphatic carbocycles. The van der Waals surface area contributed by atoms with Crippen LogP contribution in [0, 0.1) is 0 Å². The van der Waals surface area contributed by atoms with Crippen LogP contribution in [-0.2, 0) is 19.1 Å². The van der Waals surface area contributed by atoms with E-state index in [1.54, 1.807) is 6.92 Å². The summed E-state index contributed by atoms with van der Waals surface area (Å²) in [7, 11) is -3.35. The number of hydrogen-bond donors (Lipinski definition) is 0. The SMILES string of the molecule is CCS(=O)(=O)ON1CCOCC1.[CaH2]. The molecule has 0 bridgehead atoms. The summed E-state index contributed by atoms with van der Waals surface area (Å²) in [6.45, 7) is 3.63. The van der Waals surface area contributed by atoms with Crippen molar-refractivity contribution in [2.45, 2.75) is 6.92 Å². The summed E-state index contributed by atoms with van der Waals surface area (Å²) in [6.07, 6.45) is 0. The number of nitrogens with zero attached hydrogens (tertiary/aromatic N) is 1. The number of rotatable bonds is 3. The zero-order valence-electron chi connectivity index (χ0n) is 7.02. The van der Waals surface area contributed by atoms with Crippen LogP contribution < -0.4 is 0 Å². The van der Waals surface area contributed by atoms with Crippen LogP contribution in [0.4, 0.5) is 0 Å². The van der Waals surface area contributed by atoms with E-state index in [1.807, 2.05) is 0 Å². The third-order valence-corrected chi connectivity index (χ3v) is 2.69. The Labute approximate surface area is 108 Å². The minimum atomic E-state index is -3.35. The molecule has 0 saturated carbocycles. The van der Waals surface area contributed by atoms with Crippen LogP contribution in [0.1, 0.15) is 6.92 Å². The fourth-order valence-corrected chi connectivity index (χ4v) is 1.41. The Bertz CT molecular complexity index is 225. The molecule has 0 aromatic heterocycles. The second kappa shape index (κ2) is 6.55. The molecule has 0 unspecified atom stereocenters. The van der Waals surface area contributed by atoms with Crippen LogP contribution in [0.5, 0.6) is 0 Å². The topological polar surface area (TPSA) is 55.8 Å². The maximum absolute atomic E-state index is 11.0. The van der Waals surface area contributed by atoms with E-state index in [-0.39, 0.29) is 43.5 Å². The van der Waals surface area contributed by atoms with E-state index < -0.39 is 10.1 Å². The summed E-state index contributed by atoms with van der Waals surface area (Å²) in [6, 6.07) is 0. The molecule has 13 heavy (non-hydrogen) atoms. The first-order chi connectivity index (χ1) is 5.64. The van der Waals surface area contributed by atoms with Gasteiger partial charge in [-0.1, -0.05) is 0 Å². The van der Waals surface area contributed by atoms with Crippen molar-refractivity contribution in [1.29, 1.82) is 0 Å². The number of hydrogen-bond acceptors (Lipinski definition) is 5. The summed E-state index contributed by atoms with van der Waals surface area (Å²) < 4.78 is 31.7. The Kier molecular flexibility index (Phi) is 7.10. The van der Waals surface area contributed by atoms with E-state index in [4.69, 9.17) is 9.02 Å². The van der Waals surface area contributed by atoms with E-state index in [9.17, 15) is 8.42 Å². The molecule has 0 aromatic rings. The standard InChI is InChI=1S/C6H13NO4S.Ca.2H/c1-2-12(8,9)11-7-3-5-10-6-4-7;;;/h2-6H2,1H3;;;. The number of ether oxygens (including phenoxy) is 1. The van der Waals surface area contributed by atoms with Gasteiger partial charge in [0, 0.05) is 13.1 Å². The van der Waals surface area contributed by atoms with Gasteiger partial charge in [-0.3, -0.25) is 0 Å². The molecule has 1 aliphatic rings. The Morgan fingerprint density at radius 1 is 1.38 bits per heavy atom. The first kappa shape index (κ1) is 14.1. The molecular weight excluding hydrogens is 222 g/mol. The van der Waals surface area contributed by atoms with Gasteiger partial charge in [0.2, 0.25) is 0 Å². The van der Waals surface area contributed by atoms with Crippen LogP contribution in [-0.4, -0.2) is 83.3 Å². The predicted molar refractivity (Wildman–Crippen MR) is 51.5 cm³/mol. The van der Waals surface area contributed by atoms with Gasteiger partial charge in [-0.2, -0.15) is 17.8 Å². The number of morpholine rings is 1. The van der Waals surface area contributed by atoms with Crippen molar-refractivity contribution in [3.63, 3.8) is 0 Å². The van der Waals surface area contributed by atoms with Crippen LogP contribution >= 0.6 is 0 Å². The third-order valence-electron chi connectivity index (χ3n) is 1.54. The molecule has 0 atom stereocenters. The van der Waals surface area contributed by atoms with E-state index in [0.717, 1.165) is 0 Å². The average Bonchev–Trinajstić information content (AvgIpc) is 2.06. The Morgan fingerprint density at radius 2 is 1.92 bits per heavy atom. The molecule has 1 heterocycles. The van der Waals surface area contributed by atoms with Crippen molar-refractivity contribution in [2.24, 2.45) is 0 Å². The quantitative estimate of drug-likeness (QED) is 0.570. The predicted octanol–water partition coefficient (Wildman–Crippen LogP) is -1.32. The Hall–Kier alpha value is 1.09. The second-order valence-corrected chi connectivity index (χ2v) is 4.30. The fraction of sp³-hybridized carbons (Fsp3) is 1.00. The zero-order chi connectivity index (χ0) is 9.03. The molecule has 0 amide bonds. The molecular formula is C6H15CaNO4S. The van der Waals surface area contributed by atoms with Crippen LogP contribution in [0.25, 0.3) is 0 Å². The van der Waals surface area contributed by atoms with Crippen molar-refractivity contribution >= 4 is 47.9 Å². The second-order valence-electron chi connectivity index (χ2n) is 2.46. The molecule has 5 nitrogen and oxygen atoms in total. The molecule has 76 valence electrons. The van der Waals surface area contributed by atoms with Crippen LogP contribution in [0.3, 0.4) is 0 Å². The van der Waals surface area contributed by atoms with Gasteiger partial charge in [0.05, 0.1) is 19.0 Å². The van der Waals surface area contributed by atoms with Gasteiger partial charge >= 0.3 is 37.7 Å². The van der Waals surface area contributed by atoms with E-state index in [1.165, 1.54) is 5.06 Å². The van der Waals surface area contributed by atoms with Crippen molar-refractivity contribution in [2.75, 3.05) is 32.1 Å². The average molecular weight is 237 g/mol. The Morgan fingerprint density at radius 3 is 2.38 bits per heavy atom. The van der Waals surface area contributed by atoms with Gasteiger partial charge in [0.25, 0.3) is 10.1 Å². The summed E-state index contributed by atoms with van der Waals surface area (Å²) >= 11 is 0. The van der Waals surface area contributed by atoms with Gasteiger partial charge < -0.3 is 4.74 Å². The summed E-state index contributed by atoms with van der Waals surface area (Å²) in [5.41, 5.74) is 0.